The Morgan fingerprint density at radius 2 is 1.81 bits per heavy atom. The topological polar surface area (TPSA) is 57.2 Å². The van der Waals surface area contributed by atoms with Gasteiger partial charge in [0.15, 0.2) is 0 Å². The molecule has 1 unspecified atom stereocenters. The molecule has 0 aliphatic heterocycles. The first-order chi connectivity index (χ1) is 7.00. The Kier molecular flexibility index (Phi) is 7.90. The fourth-order valence-corrected chi connectivity index (χ4v) is 2.81. The number of hydrogen-bond donors (Lipinski definition) is 0. The Labute approximate surface area is 110 Å². The molecule has 0 saturated heterocycles. The van der Waals surface area contributed by atoms with E-state index in [1.165, 1.54) is 25.7 Å². The van der Waals surface area contributed by atoms with Gasteiger partial charge in [0.1, 0.15) is 0 Å². The summed E-state index contributed by atoms with van der Waals surface area (Å²) in [5.41, 5.74) is 0. The molecule has 2 aliphatic rings. The van der Waals surface area contributed by atoms with Gasteiger partial charge in [-0.2, -0.15) is 26.2 Å². The molecular formula is C11H19FeO3S-. The molecule has 96 valence electrons. The van der Waals surface area contributed by atoms with Crippen LogP contribution >= 0.6 is 0 Å². The molecule has 0 amide bonds. The van der Waals surface area contributed by atoms with Crippen LogP contribution in [0.4, 0.5) is 0 Å². The summed E-state index contributed by atoms with van der Waals surface area (Å²) in [7, 11) is -4.01. The van der Waals surface area contributed by atoms with Crippen LogP contribution in [0.3, 0.4) is 0 Å². The van der Waals surface area contributed by atoms with Crippen molar-refractivity contribution in [1.29, 1.82) is 0 Å². The van der Waals surface area contributed by atoms with Crippen molar-refractivity contribution in [2.24, 2.45) is 0 Å². The molecule has 0 aromatic carbocycles. The van der Waals surface area contributed by atoms with Crippen LogP contribution in [0.2, 0.25) is 0 Å². The molecule has 0 N–H and O–H groups in total. The van der Waals surface area contributed by atoms with Crippen LogP contribution in [0.5, 0.6) is 0 Å². The largest absolute Gasteiger partial charge is 2.00 e. The van der Waals surface area contributed by atoms with Crippen LogP contribution in [0.25, 0.3) is 0 Å². The van der Waals surface area contributed by atoms with Gasteiger partial charge in [0.2, 0.25) is 0 Å². The smallest absolute Gasteiger partial charge is 0.750 e. The van der Waals surface area contributed by atoms with Crippen molar-refractivity contribution in [2.45, 2.75) is 57.1 Å². The first-order valence-electron chi connectivity index (χ1n) is 5.59. The van der Waals surface area contributed by atoms with Crippen molar-refractivity contribution in [3.8, 4) is 0 Å². The Balaban J connectivity index is 0.000000283. The average molecular weight is 287 g/mol. The summed E-state index contributed by atoms with van der Waals surface area (Å²) in [5, 5.41) is -0.697. The van der Waals surface area contributed by atoms with E-state index in [9.17, 15) is 13.0 Å². The van der Waals surface area contributed by atoms with Crippen molar-refractivity contribution in [3.63, 3.8) is 0 Å². The van der Waals surface area contributed by atoms with Crippen molar-refractivity contribution >= 4 is 10.1 Å². The van der Waals surface area contributed by atoms with Crippen molar-refractivity contribution in [3.05, 3.63) is 12.3 Å². The molecule has 2 saturated carbocycles. The van der Waals surface area contributed by atoms with Crippen LogP contribution in [0, 0.1) is 12.3 Å². The molecule has 2 aliphatic carbocycles. The van der Waals surface area contributed by atoms with E-state index in [-0.39, 0.29) is 17.1 Å². The fourth-order valence-electron chi connectivity index (χ4n) is 1.98. The first-order valence-corrected chi connectivity index (χ1v) is 7.06. The SMILES string of the molecule is C[C-]1CCCC1.O=S(=O)([O-])C1[CH-]CCC1.[Fe+2]. The van der Waals surface area contributed by atoms with Gasteiger partial charge in [0.05, 0.1) is 10.1 Å². The third-order valence-corrected chi connectivity index (χ3v) is 4.12. The van der Waals surface area contributed by atoms with Crippen LogP contribution in [-0.4, -0.2) is 18.2 Å². The van der Waals surface area contributed by atoms with Gasteiger partial charge >= 0.3 is 17.1 Å². The van der Waals surface area contributed by atoms with Crippen LogP contribution < -0.4 is 0 Å². The molecule has 0 radical (unpaired) electrons. The van der Waals surface area contributed by atoms with Gasteiger partial charge in [-0.3, -0.25) is 0 Å². The van der Waals surface area contributed by atoms with E-state index < -0.39 is 15.4 Å². The molecule has 0 spiro atoms. The third kappa shape index (κ3) is 6.24. The monoisotopic (exact) mass is 287 g/mol. The molecule has 0 heterocycles. The minimum Gasteiger partial charge on any atom is -0.750 e. The van der Waals surface area contributed by atoms with Crippen molar-refractivity contribution < 1.29 is 30.0 Å². The van der Waals surface area contributed by atoms with Crippen LogP contribution in [0.15, 0.2) is 0 Å². The Hall–Kier alpha value is 0.429. The second kappa shape index (κ2) is 7.70. The van der Waals surface area contributed by atoms with Gasteiger partial charge in [-0.25, -0.2) is 8.42 Å². The Morgan fingerprint density at radius 1 is 1.25 bits per heavy atom. The van der Waals surface area contributed by atoms with Gasteiger partial charge in [-0.05, 0) is 0 Å². The van der Waals surface area contributed by atoms with Gasteiger partial charge in [0, 0.05) is 0 Å². The summed E-state index contributed by atoms with van der Waals surface area (Å²) in [5.74, 6) is 1.70. The van der Waals surface area contributed by atoms with Gasteiger partial charge < -0.3 is 16.9 Å². The maximum absolute atomic E-state index is 10.2. The van der Waals surface area contributed by atoms with Crippen LogP contribution in [0.1, 0.15) is 51.9 Å². The number of rotatable bonds is 1. The zero-order chi connectivity index (χ0) is 11.3. The number of hydrogen-bond acceptors (Lipinski definition) is 3. The minimum absolute atomic E-state index is 0. The quantitative estimate of drug-likeness (QED) is 0.423. The molecular weight excluding hydrogens is 268 g/mol. The van der Waals surface area contributed by atoms with E-state index in [2.05, 4.69) is 6.92 Å². The standard InChI is InChI=1S/C6H11.C5H9O3S.Fe/c1-6-4-2-3-5-6;6-9(7,8)5-3-1-2-4-5;/h2-5H2,1H3;3,5H,1-2,4H2,(H,6,7,8);/q2*-1;+2/p-1. The maximum Gasteiger partial charge on any atom is 2.00 e. The normalized spacial score (nSPS) is 25.8. The first kappa shape index (κ1) is 16.4. The summed E-state index contributed by atoms with van der Waals surface area (Å²) in [6.45, 7) is 2.26. The zero-order valence-electron chi connectivity index (χ0n) is 9.59. The molecule has 5 heteroatoms. The minimum atomic E-state index is -4.01. The molecule has 16 heavy (non-hydrogen) atoms. The van der Waals surface area contributed by atoms with E-state index in [0.717, 1.165) is 12.8 Å². The second-order valence-electron chi connectivity index (χ2n) is 4.36. The molecule has 3 nitrogen and oxygen atoms in total. The summed E-state index contributed by atoms with van der Waals surface area (Å²) in [6, 6.07) is 0. The summed E-state index contributed by atoms with van der Waals surface area (Å²) in [6.07, 6.45) is 9.42. The summed E-state index contributed by atoms with van der Waals surface area (Å²) >= 11 is 0. The van der Waals surface area contributed by atoms with Gasteiger partial charge in [-0.1, -0.05) is 30.9 Å². The van der Waals surface area contributed by atoms with Gasteiger partial charge in [0.25, 0.3) is 0 Å². The Bertz CT molecular complexity index is 265. The van der Waals surface area contributed by atoms with Gasteiger partial charge in [-0.15, -0.1) is 0 Å². The predicted octanol–water partition coefficient (Wildman–Crippen LogP) is 2.44. The Morgan fingerprint density at radius 3 is 2.00 bits per heavy atom. The summed E-state index contributed by atoms with van der Waals surface area (Å²) in [4.78, 5) is 0. The average Bonchev–Trinajstić information content (AvgIpc) is 2.73. The van der Waals surface area contributed by atoms with E-state index in [4.69, 9.17) is 0 Å². The van der Waals surface area contributed by atoms with Crippen molar-refractivity contribution in [2.75, 3.05) is 0 Å². The zero-order valence-corrected chi connectivity index (χ0v) is 11.5. The molecule has 1 atom stereocenters. The third-order valence-electron chi connectivity index (χ3n) is 2.95. The fraction of sp³-hybridized carbons (Fsp3) is 0.818. The van der Waals surface area contributed by atoms with E-state index in [0.29, 0.717) is 6.42 Å². The summed E-state index contributed by atoms with van der Waals surface area (Å²) < 4.78 is 30.7. The predicted molar refractivity (Wildman–Crippen MR) is 59.0 cm³/mol. The van der Waals surface area contributed by atoms with E-state index in [1.54, 1.807) is 12.3 Å². The van der Waals surface area contributed by atoms with E-state index >= 15 is 0 Å². The molecule has 0 aromatic rings. The van der Waals surface area contributed by atoms with Crippen LogP contribution in [-0.2, 0) is 27.2 Å². The molecule has 0 bridgehead atoms. The van der Waals surface area contributed by atoms with E-state index in [1.807, 2.05) is 0 Å². The molecule has 2 rings (SSSR count). The molecule has 0 aromatic heterocycles. The molecule has 2 fully saturated rings. The maximum atomic E-state index is 10.2. The second-order valence-corrected chi connectivity index (χ2v) is 5.95. The van der Waals surface area contributed by atoms with Crippen molar-refractivity contribution in [1.82, 2.24) is 0 Å².